The number of hydrogen-bond acceptors (Lipinski definition) is 3. The number of nitrogens with zero attached hydrogens (tertiary/aromatic N) is 1. The number of likely N-dealkylation sites (N-methyl/N-ethyl adjacent to an activating group) is 1. The molecule has 1 aromatic carbocycles. The quantitative estimate of drug-likeness (QED) is 0.829. The predicted molar refractivity (Wildman–Crippen MR) is 87.8 cm³/mol. The number of aryl methyl sites for hydroxylation is 1. The smallest absolute Gasteiger partial charge is 0.0499 e. The van der Waals surface area contributed by atoms with Crippen molar-refractivity contribution in [1.29, 1.82) is 0 Å². The lowest BCUT2D eigenvalue weighted by Crippen LogP contribution is -2.43. The highest BCUT2D eigenvalue weighted by molar-refractivity contribution is 7.98. The van der Waals surface area contributed by atoms with Crippen LogP contribution < -0.4 is 5.73 Å². The molecule has 1 aromatic rings. The van der Waals surface area contributed by atoms with Crippen molar-refractivity contribution in [3.8, 4) is 0 Å². The van der Waals surface area contributed by atoms with Crippen molar-refractivity contribution in [2.45, 2.75) is 45.3 Å². The minimum Gasteiger partial charge on any atom is -0.326 e. The molecule has 0 aliphatic carbocycles. The molecule has 0 bridgehead atoms. The van der Waals surface area contributed by atoms with Gasteiger partial charge in [-0.3, -0.25) is 4.90 Å². The first-order valence-corrected chi connectivity index (χ1v) is 8.43. The maximum absolute atomic E-state index is 6.39. The highest BCUT2D eigenvalue weighted by Gasteiger charge is 2.26. The number of rotatable bonds is 7. The fourth-order valence-corrected chi connectivity index (χ4v) is 3.21. The van der Waals surface area contributed by atoms with E-state index in [-0.39, 0.29) is 6.04 Å². The molecule has 3 heteroatoms. The first-order chi connectivity index (χ1) is 9.01. The van der Waals surface area contributed by atoms with Crippen LogP contribution in [0.3, 0.4) is 0 Å². The average Bonchev–Trinajstić information content (AvgIpc) is 2.39. The summed E-state index contributed by atoms with van der Waals surface area (Å²) in [7, 11) is 2.20. The van der Waals surface area contributed by atoms with Crippen molar-refractivity contribution in [2.24, 2.45) is 5.73 Å². The van der Waals surface area contributed by atoms with E-state index in [0.717, 1.165) is 12.2 Å². The van der Waals surface area contributed by atoms with Gasteiger partial charge in [-0.2, -0.15) is 11.8 Å². The van der Waals surface area contributed by atoms with E-state index in [1.807, 2.05) is 11.8 Å². The molecule has 0 amide bonds. The van der Waals surface area contributed by atoms with E-state index in [9.17, 15) is 0 Å². The number of thioether (sulfide) groups is 1. The van der Waals surface area contributed by atoms with E-state index in [1.54, 1.807) is 0 Å². The summed E-state index contributed by atoms with van der Waals surface area (Å²) in [5, 5.41) is 0. The molecular weight excluding hydrogens is 252 g/mol. The van der Waals surface area contributed by atoms with Crippen LogP contribution in [0.25, 0.3) is 0 Å². The van der Waals surface area contributed by atoms with Gasteiger partial charge in [-0.05, 0) is 39.1 Å². The van der Waals surface area contributed by atoms with Crippen molar-refractivity contribution in [2.75, 3.05) is 19.1 Å². The molecule has 1 rings (SSSR count). The highest BCUT2D eigenvalue weighted by atomic mass is 32.2. The van der Waals surface area contributed by atoms with Crippen LogP contribution in [0, 0.1) is 6.92 Å². The van der Waals surface area contributed by atoms with Gasteiger partial charge in [0, 0.05) is 23.9 Å². The van der Waals surface area contributed by atoms with Gasteiger partial charge in [-0.1, -0.05) is 36.8 Å². The van der Waals surface area contributed by atoms with Gasteiger partial charge in [0.05, 0.1) is 0 Å². The van der Waals surface area contributed by atoms with Crippen LogP contribution in [0.5, 0.6) is 0 Å². The van der Waals surface area contributed by atoms with Crippen LogP contribution in [0.1, 0.15) is 37.4 Å². The summed E-state index contributed by atoms with van der Waals surface area (Å²) in [5.41, 5.74) is 9.03. The lowest BCUT2D eigenvalue weighted by molar-refractivity contribution is 0.171. The molecule has 3 unspecified atom stereocenters. The van der Waals surface area contributed by atoms with Crippen LogP contribution in [-0.2, 0) is 0 Å². The maximum atomic E-state index is 6.39. The van der Waals surface area contributed by atoms with Gasteiger partial charge < -0.3 is 5.73 Å². The molecule has 0 aliphatic rings. The SMILES string of the molecule is CCC(N)C(c1cccc(C)c1)N(C)C(C)CSC. The van der Waals surface area contributed by atoms with Gasteiger partial charge >= 0.3 is 0 Å². The van der Waals surface area contributed by atoms with E-state index < -0.39 is 0 Å². The van der Waals surface area contributed by atoms with E-state index >= 15 is 0 Å². The summed E-state index contributed by atoms with van der Waals surface area (Å²) in [6, 6.07) is 9.75. The van der Waals surface area contributed by atoms with Crippen LogP contribution >= 0.6 is 11.8 Å². The molecule has 0 radical (unpaired) electrons. The van der Waals surface area contributed by atoms with Crippen molar-refractivity contribution in [3.63, 3.8) is 0 Å². The Morgan fingerprint density at radius 1 is 1.37 bits per heavy atom. The summed E-state index contributed by atoms with van der Waals surface area (Å²) < 4.78 is 0. The van der Waals surface area contributed by atoms with Crippen molar-refractivity contribution < 1.29 is 0 Å². The highest BCUT2D eigenvalue weighted by Crippen LogP contribution is 2.27. The Balaban J connectivity index is 3.01. The fourth-order valence-electron chi connectivity index (χ4n) is 2.49. The van der Waals surface area contributed by atoms with Gasteiger partial charge in [0.25, 0.3) is 0 Å². The molecule has 108 valence electrons. The summed E-state index contributed by atoms with van der Waals surface area (Å²) >= 11 is 1.89. The molecule has 0 saturated carbocycles. The Morgan fingerprint density at radius 2 is 2.05 bits per heavy atom. The van der Waals surface area contributed by atoms with Gasteiger partial charge in [0.1, 0.15) is 0 Å². The van der Waals surface area contributed by atoms with Gasteiger partial charge in [-0.25, -0.2) is 0 Å². The molecule has 0 heterocycles. The Bertz CT molecular complexity index is 381. The largest absolute Gasteiger partial charge is 0.326 e. The predicted octanol–water partition coefficient (Wildman–Crippen LogP) is 3.46. The van der Waals surface area contributed by atoms with Crippen molar-refractivity contribution in [1.82, 2.24) is 4.90 Å². The average molecular weight is 280 g/mol. The Kier molecular flexibility index (Phi) is 6.90. The number of benzene rings is 1. The fraction of sp³-hybridized carbons (Fsp3) is 0.625. The summed E-state index contributed by atoms with van der Waals surface area (Å²) in [6.45, 7) is 6.59. The van der Waals surface area contributed by atoms with Crippen LogP contribution in [0.2, 0.25) is 0 Å². The molecule has 0 aliphatic heterocycles. The second-order valence-electron chi connectivity index (χ2n) is 5.40. The molecule has 2 nitrogen and oxygen atoms in total. The normalized spacial score (nSPS) is 16.4. The Hall–Kier alpha value is -0.510. The Morgan fingerprint density at radius 3 is 2.58 bits per heavy atom. The van der Waals surface area contributed by atoms with Gasteiger partial charge in [0.15, 0.2) is 0 Å². The summed E-state index contributed by atoms with van der Waals surface area (Å²) in [4.78, 5) is 2.43. The molecule has 19 heavy (non-hydrogen) atoms. The van der Waals surface area contributed by atoms with Crippen molar-refractivity contribution >= 4 is 11.8 Å². The molecule has 0 aromatic heterocycles. The van der Waals surface area contributed by atoms with Gasteiger partial charge in [0.2, 0.25) is 0 Å². The Labute approximate surface area is 122 Å². The zero-order valence-electron chi connectivity index (χ0n) is 12.9. The topological polar surface area (TPSA) is 29.3 Å². The second kappa shape index (κ2) is 7.93. The molecular formula is C16H28N2S. The third kappa shape index (κ3) is 4.51. The minimum absolute atomic E-state index is 0.177. The summed E-state index contributed by atoms with van der Waals surface area (Å²) in [6.07, 6.45) is 3.15. The first-order valence-electron chi connectivity index (χ1n) is 7.04. The molecule has 0 spiro atoms. The van der Waals surface area contributed by atoms with Gasteiger partial charge in [-0.15, -0.1) is 0 Å². The summed E-state index contributed by atoms with van der Waals surface area (Å²) in [5.74, 6) is 1.13. The maximum Gasteiger partial charge on any atom is 0.0499 e. The zero-order valence-corrected chi connectivity index (χ0v) is 13.7. The standard InChI is InChI=1S/C16H28N2S/c1-6-15(17)16(18(4)13(3)11-19-5)14-9-7-8-12(2)10-14/h7-10,13,15-16H,6,11,17H2,1-5H3. The van der Waals surface area contributed by atoms with E-state index in [2.05, 4.69) is 63.2 Å². The number of nitrogens with two attached hydrogens (primary N) is 1. The molecule has 3 atom stereocenters. The molecule has 2 N–H and O–H groups in total. The first kappa shape index (κ1) is 16.5. The van der Waals surface area contributed by atoms with Crippen LogP contribution in [-0.4, -0.2) is 36.0 Å². The minimum atomic E-state index is 0.177. The van der Waals surface area contributed by atoms with Crippen LogP contribution in [0.4, 0.5) is 0 Å². The van der Waals surface area contributed by atoms with E-state index in [0.29, 0.717) is 12.1 Å². The lowest BCUT2D eigenvalue weighted by Gasteiger charge is -2.37. The van der Waals surface area contributed by atoms with Crippen LogP contribution in [0.15, 0.2) is 24.3 Å². The number of hydrogen-bond donors (Lipinski definition) is 1. The zero-order chi connectivity index (χ0) is 14.4. The third-order valence-corrected chi connectivity index (χ3v) is 4.62. The molecule has 0 fully saturated rings. The van der Waals surface area contributed by atoms with Crippen molar-refractivity contribution in [3.05, 3.63) is 35.4 Å². The second-order valence-corrected chi connectivity index (χ2v) is 6.31. The third-order valence-electron chi connectivity index (χ3n) is 3.80. The monoisotopic (exact) mass is 280 g/mol. The lowest BCUT2D eigenvalue weighted by atomic mass is 9.94. The van der Waals surface area contributed by atoms with E-state index in [1.165, 1.54) is 11.1 Å². The molecule has 0 saturated heterocycles. The van der Waals surface area contributed by atoms with E-state index in [4.69, 9.17) is 5.73 Å².